The van der Waals surface area contributed by atoms with E-state index >= 15 is 0 Å². The van der Waals surface area contributed by atoms with E-state index in [0.717, 1.165) is 10.4 Å². The predicted octanol–water partition coefficient (Wildman–Crippen LogP) is 2.10. The smallest absolute Gasteiger partial charge is 0.328 e. The summed E-state index contributed by atoms with van der Waals surface area (Å²) in [7, 11) is 3.23. The van der Waals surface area contributed by atoms with E-state index in [1.807, 2.05) is 0 Å². The monoisotopic (exact) mass is 299 g/mol. The van der Waals surface area contributed by atoms with E-state index in [4.69, 9.17) is 23.2 Å². The summed E-state index contributed by atoms with van der Waals surface area (Å²) in [6.45, 7) is 0. The number of halogens is 2. The third kappa shape index (κ3) is 3.21. The van der Waals surface area contributed by atoms with Crippen LogP contribution in [0, 0.1) is 0 Å². The molecule has 2 rings (SSSR count). The zero-order valence-electron chi connectivity index (χ0n) is 10.3. The standard InChI is InChI=1S/C11H11Cl2N5O/c1-17(2)11(19)18-15-10(14-16-18)5-7-3-4-8(12)6-9(7)13/h3-4,6H,5H2,1-2H3. The molecule has 0 fully saturated rings. The number of amides is 1. The third-order valence-corrected chi connectivity index (χ3v) is 2.96. The topological polar surface area (TPSA) is 63.9 Å². The first-order valence-electron chi connectivity index (χ1n) is 5.42. The van der Waals surface area contributed by atoms with Crippen LogP contribution >= 0.6 is 23.2 Å². The Bertz CT molecular complexity index is 611. The van der Waals surface area contributed by atoms with Gasteiger partial charge in [0, 0.05) is 30.6 Å². The van der Waals surface area contributed by atoms with Crippen molar-refractivity contribution in [2.45, 2.75) is 6.42 Å². The van der Waals surface area contributed by atoms with Crippen molar-refractivity contribution in [2.75, 3.05) is 14.1 Å². The van der Waals surface area contributed by atoms with Gasteiger partial charge in [0.15, 0.2) is 5.82 Å². The summed E-state index contributed by atoms with van der Waals surface area (Å²) in [5.74, 6) is 0.416. The van der Waals surface area contributed by atoms with Crippen LogP contribution < -0.4 is 0 Å². The lowest BCUT2D eigenvalue weighted by atomic mass is 10.1. The van der Waals surface area contributed by atoms with E-state index in [-0.39, 0.29) is 6.03 Å². The number of carbonyl (C=O) groups excluding carboxylic acids is 1. The number of rotatable bonds is 2. The maximum atomic E-state index is 11.6. The van der Waals surface area contributed by atoms with Crippen molar-refractivity contribution >= 4 is 29.2 Å². The average Bonchev–Trinajstić information content (AvgIpc) is 2.80. The van der Waals surface area contributed by atoms with Crippen molar-refractivity contribution in [3.8, 4) is 0 Å². The second kappa shape index (κ2) is 5.54. The normalized spacial score (nSPS) is 10.5. The van der Waals surface area contributed by atoms with Crippen molar-refractivity contribution in [2.24, 2.45) is 0 Å². The lowest BCUT2D eigenvalue weighted by molar-refractivity contribution is 0.211. The van der Waals surface area contributed by atoms with Gasteiger partial charge in [-0.15, -0.1) is 10.2 Å². The predicted molar refractivity (Wildman–Crippen MR) is 71.6 cm³/mol. The molecule has 0 saturated heterocycles. The summed E-state index contributed by atoms with van der Waals surface area (Å²) in [6.07, 6.45) is 0.386. The van der Waals surface area contributed by atoms with Gasteiger partial charge in [-0.05, 0) is 22.9 Å². The Balaban J connectivity index is 2.18. The van der Waals surface area contributed by atoms with Gasteiger partial charge in [0.25, 0.3) is 0 Å². The van der Waals surface area contributed by atoms with Crippen molar-refractivity contribution in [1.82, 2.24) is 25.1 Å². The third-order valence-electron chi connectivity index (χ3n) is 2.37. The van der Waals surface area contributed by atoms with Crippen LogP contribution in [0.3, 0.4) is 0 Å². The quantitative estimate of drug-likeness (QED) is 0.852. The molecule has 0 aliphatic carbocycles. The molecule has 1 heterocycles. The van der Waals surface area contributed by atoms with Gasteiger partial charge in [0.1, 0.15) is 0 Å². The van der Waals surface area contributed by atoms with Crippen LogP contribution in [0.2, 0.25) is 10.0 Å². The number of benzene rings is 1. The Labute approximate surface area is 119 Å². The van der Waals surface area contributed by atoms with E-state index in [1.165, 1.54) is 4.90 Å². The highest BCUT2D eigenvalue weighted by Gasteiger charge is 2.13. The van der Waals surface area contributed by atoms with Gasteiger partial charge in [-0.25, -0.2) is 4.79 Å². The number of hydrogen-bond acceptors (Lipinski definition) is 4. The summed E-state index contributed by atoms with van der Waals surface area (Å²) in [4.78, 5) is 13.9. The molecule has 6 nitrogen and oxygen atoms in total. The highest BCUT2D eigenvalue weighted by atomic mass is 35.5. The first kappa shape index (κ1) is 13.8. The van der Waals surface area contributed by atoms with Gasteiger partial charge in [-0.3, -0.25) is 0 Å². The van der Waals surface area contributed by atoms with Crippen molar-refractivity contribution in [1.29, 1.82) is 0 Å². The zero-order valence-corrected chi connectivity index (χ0v) is 11.9. The molecule has 0 saturated carbocycles. The Kier molecular flexibility index (Phi) is 4.01. The van der Waals surface area contributed by atoms with Gasteiger partial charge >= 0.3 is 6.03 Å². The maximum absolute atomic E-state index is 11.6. The highest BCUT2D eigenvalue weighted by Crippen LogP contribution is 2.22. The van der Waals surface area contributed by atoms with Gasteiger partial charge in [0.2, 0.25) is 0 Å². The van der Waals surface area contributed by atoms with Gasteiger partial charge < -0.3 is 4.90 Å². The molecular weight excluding hydrogens is 289 g/mol. The number of aromatic nitrogens is 4. The van der Waals surface area contributed by atoms with Crippen LogP contribution in [0.4, 0.5) is 4.79 Å². The lowest BCUT2D eigenvalue weighted by Gasteiger charge is -2.06. The molecule has 1 amide bonds. The fourth-order valence-electron chi connectivity index (χ4n) is 1.41. The Morgan fingerprint density at radius 3 is 2.74 bits per heavy atom. The van der Waals surface area contributed by atoms with Crippen molar-refractivity contribution in [3.05, 3.63) is 39.6 Å². The minimum atomic E-state index is -0.360. The fourth-order valence-corrected chi connectivity index (χ4v) is 1.88. The van der Waals surface area contributed by atoms with Crippen LogP contribution in [0.5, 0.6) is 0 Å². The summed E-state index contributed by atoms with van der Waals surface area (Å²) < 4.78 is 0. The van der Waals surface area contributed by atoms with E-state index in [2.05, 4.69) is 15.4 Å². The number of hydrogen-bond donors (Lipinski definition) is 0. The Hall–Kier alpha value is -1.66. The van der Waals surface area contributed by atoms with E-state index < -0.39 is 0 Å². The first-order valence-corrected chi connectivity index (χ1v) is 6.17. The van der Waals surface area contributed by atoms with Gasteiger partial charge in [0.05, 0.1) is 0 Å². The molecule has 0 bridgehead atoms. The summed E-state index contributed by atoms with van der Waals surface area (Å²) in [5.41, 5.74) is 0.822. The molecular formula is C11H11Cl2N5O. The van der Waals surface area contributed by atoms with Crippen LogP contribution in [0.15, 0.2) is 18.2 Å². The highest BCUT2D eigenvalue weighted by molar-refractivity contribution is 6.35. The summed E-state index contributed by atoms with van der Waals surface area (Å²) >= 11 is 11.9. The molecule has 0 radical (unpaired) electrons. The van der Waals surface area contributed by atoms with Crippen LogP contribution in [0.25, 0.3) is 0 Å². The fraction of sp³-hybridized carbons (Fsp3) is 0.273. The second-order valence-corrected chi connectivity index (χ2v) is 4.93. The molecule has 0 aliphatic heterocycles. The minimum absolute atomic E-state index is 0.360. The molecule has 0 unspecified atom stereocenters. The second-order valence-electron chi connectivity index (χ2n) is 4.08. The molecule has 8 heteroatoms. The molecule has 100 valence electrons. The average molecular weight is 300 g/mol. The van der Waals surface area contributed by atoms with E-state index in [0.29, 0.717) is 22.3 Å². The largest absolute Gasteiger partial charge is 0.362 e. The molecule has 0 N–H and O–H groups in total. The Morgan fingerprint density at radius 1 is 1.37 bits per heavy atom. The maximum Gasteiger partial charge on any atom is 0.362 e. The zero-order chi connectivity index (χ0) is 14.0. The number of tetrazole rings is 1. The van der Waals surface area contributed by atoms with Crippen molar-refractivity contribution < 1.29 is 4.79 Å². The van der Waals surface area contributed by atoms with E-state index in [9.17, 15) is 4.79 Å². The van der Waals surface area contributed by atoms with Crippen LogP contribution in [-0.2, 0) is 6.42 Å². The Morgan fingerprint density at radius 2 is 2.11 bits per heavy atom. The molecule has 0 atom stereocenters. The molecule has 0 aliphatic rings. The first-order chi connectivity index (χ1) is 8.97. The summed E-state index contributed by atoms with van der Waals surface area (Å²) in [6, 6.07) is 4.81. The van der Waals surface area contributed by atoms with Crippen LogP contribution in [-0.4, -0.2) is 45.2 Å². The van der Waals surface area contributed by atoms with Crippen molar-refractivity contribution in [3.63, 3.8) is 0 Å². The molecule has 0 spiro atoms. The van der Waals surface area contributed by atoms with Gasteiger partial charge in [-0.1, -0.05) is 34.1 Å². The molecule has 1 aromatic carbocycles. The molecule has 19 heavy (non-hydrogen) atoms. The molecule has 1 aromatic heterocycles. The number of nitrogens with zero attached hydrogens (tertiary/aromatic N) is 5. The minimum Gasteiger partial charge on any atom is -0.328 e. The summed E-state index contributed by atoms with van der Waals surface area (Å²) in [5, 5.41) is 12.6. The lowest BCUT2D eigenvalue weighted by Crippen LogP contribution is -2.29. The van der Waals surface area contributed by atoms with Crippen LogP contribution in [0.1, 0.15) is 11.4 Å². The van der Waals surface area contributed by atoms with Gasteiger partial charge in [-0.2, -0.15) is 0 Å². The molecule has 2 aromatic rings. The SMILES string of the molecule is CN(C)C(=O)n1nnc(Cc2ccc(Cl)cc2Cl)n1. The van der Waals surface area contributed by atoms with E-state index in [1.54, 1.807) is 32.3 Å². The number of carbonyl (C=O) groups is 1.